The van der Waals surface area contributed by atoms with E-state index in [-0.39, 0.29) is 0 Å². The minimum atomic E-state index is 1.04. The molecule has 0 unspecified atom stereocenters. The highest BCUT2D eigenvalue weighted by molar-refractivity contribution is 6.40. The molecule has 0 heterocycles. The SMILES string of the molecule is C=N/C=C\BC. The Balaban J connectivity index is 2.94. The number of hydrogen-bond donors (Lipinski definition) is 0. The van der Waals surface area contributed by atoms with Crippen LogP contribution in [0.4, 0.5) is 0 Å². The molecule has 0 saturated heterocycles. The maximum atomic E-state index is 3.49. The molecule has 0 N–H and O–H groups in total. The van der Waals surface area contributed by atoms with Gasteiger partial charge in [-0.25, -0.2) is 0 Å². The summed E-state index contributed by atoms with van der Waals surface area (Å²) in [7, 11) is 1.04. The minimum Gasteiger partial charge on any atom is -0.274 e. The van der Waals surface area contributed by atoms with Crippen LogP contribution in [0.5, 0.6) is 0 Å². The van der Waals surface area contributed by atoms with Crippen molar-refractivity contribution >= 4 is 14.0 Å². The molecule has 0 saturated carbocycles. The number of aliphatic imine (C=N–C) groups is 1. The molecule has 0 fully saturated rings. The predicted molar refractivity (Wildman–Crippen MR) is 31.7 cm³/mol. The largest absolute Gasteiger partial charge is 0.274 e. The standard InChI is InChI=1S/C4H8BN/c1-5-3-4-6-2/h3-5H,2H2,1H3/b4-3-. The van der Waals surface area contributed by atoms with Crippen LogP contribution in [0.25, 0.3) is 0 Å². The molecule has 6 heavy (non-hydrogen) atoms. The van der Waals surface area contributed by atoms with E-state index in [1.165, 1.54) is 0 Å². The molecule has 0 aliphatic rings. The Morgan fingerprint density at radius 1 is 1.83 bits per heavy atom. The quantitative estimate of drug-likeness (QED) is 0.341. The first kappa shape index (κ1) is 5.47. The van der Waals surface area contributed by atoms with Crippen LogP contribution in [-0.4, -0.2) is 14.0 Å². The van der Waals surface area contributed by atoms with Crippen LogP contribution < -0.4 is 0 Å². The van der Waals surface area contributed by atoms with E-state index in [4.69, 9.17) is 0 Å². The Hall–Kier alpha value is -0.525. The monoisotopic (exact) mass is 81.1 g/mol. The molecule has 0 aliphatic heterocycles. The van der Waals surface area contributed by atoms with E-state index >= 15 is 0 Å². The molecule has 0 bridgehead atoms. The summed E-state index contributed by atoms with van der Waals surface area (Å²) in [6.07, 6.45) is 1.69. The molecule has 1 nitrogen and oxygen atoms in total. The molecule has 0 amide bonds. The number of nitrogens with zero attached hydrogens (tertiary/aromatic N) is 1. The highest BCUT2D eigenvalue weighted by Gasteiger charge is 1.60. The highest BCUT2D eigenvalue weighted by atomic mass is 14.6. The first-order valence-electron chi connectivity index (χ1n) is 2.02. The molecule has 0 atom stereocenters. The third-order valence-electron chi connectivity index (χ3n) is 0.447. The Morgan fingerprint density at radius 2 is 2.50 bits per heavy atom. The zero-order valence-corrected chi connectivity index (χ0v) is 4.02. The molecule has 0 aliphatic carbocycles. The van der Waals surface area contributed by atoms with Crippen molar-refractivity contribution in [2.75, 3.05) is 0 Å². The molecule has 0 radical (unpaired) electrons. The van der Waals surface area contributed by atoms with Gasteiger partial charge in [0.05, 0.1) is 0 Å². The molecule has 0 aromatic carbocycles. The summed E-state index contributed by atoms with van der Waals surface area (Å²) in [5.74, 6) is 1.95. The summed E-state index contributed by atoms with van der Waals surface area (Å²) in [5, 5.41) is 0. The van der Waals surface area contributed by atoms with Gasteiger partial charge in [0.15, 0.2) is 0 Å². The molecule has 32 valence electrons. The van der Waals surface area contributed by atoms with Gasteiger partial charge in [-0.05, 0) is 6.72 Å². The Labute approximate surface area is 39.0 Å². The fourth-order valence-corrected chi connectivity index (χ4v) is 0.180. The molecule has 0 aromatic rings. The smallest absolute Gasteiger partial charge is 0.146 e. The van der Waals surface area contributed by atoms with Gasteiger partial charge >= 0.3 is 0 Å². The maximum absolute atomic E-state index is 3.49. The molecular formula is C4H8BN. The maximum Gasteiger partial charge on any atom is 0.146 e. The van der Waals surface area contributed by atoms with Crippen LogP contribution in [0.3, 0.4) is 0 Å². The summed E-state index contributed by atoms with van der Waals surface area (Å²) in [5.41, 5.74) is 0. The Kier molecular flexibility index (Phi) is 4.08. The summed E-state index contributed by atoms with van der Waals surface area (Å²) >= 11 is 0. The lowest BCUT2D eigenvalue weighted by Gasteiger charge is -1.65. The van der Waals surface area contributed by atoms with Gasteiger partial charge in [-0.15, -0.1) is 5.98 Å². The zero-order valence-electron chi connectivity index (χ0n) is 4.02. The van der Waals surface area contributed by atoms with Gasteiger partial charge in [0.25, 0.3) is 0 Å². The molecular weight excluding hydrogens is 72.9 g/mol. The fraction of sp³-hybridized carbons (Fsp3) is 0.250. The molecule has 2 heteroatoms. The average Bonchev–Trinajstić information content (AvgIpc) is 1.61. The molecule has 0 rings (SSSR count). The second-order valence-corrected chi connectivity index (χ2v) is 0.976. The van der Waals surface area contributed by atoms with Crippen molar-refractivity contribution < 1.29 is 0 Å². The van der Waals surface area contributed by atoms with E-state index in [0.717, 1.165) is 7.28 Å². The lowest BCUT2D eigenvalue weighted by molar-refractivity contribution is 1.64. The van der Waals surface area contributed by atoms with Crippen LogP contribution >= 0.6 is 0 Å². The van der Waals surface area contributed by atoms with Crippen molar-refractivity contribution in [3.8, 4) is 0 Å². The Bertz CT molecular complexity index is 58.6. The van der Waals surface area contributed by atoms with E-state index in [1.54, 1.807) is 6.20 Å². The lowest BCUT2D eigenvalue weighted by Crippen LogP contribution is -1.65. The van der Waals surface area contributed by atoms with Gasteiger partial charge in [-0.1, -0.05) is 6.82 Å². The third-order valence-corrected chi connectivity index (χ3v) is 0.447. The van der Waals surface area contributed by atoms with Crippen LogP contribution in [0.15, 0.2) is 17.2 Å². The van der Waals surface area contributed by atoms with Crippen LogP contribution in [0.2, 0.25) is 6.82 Å². The minimum absolute atomic E-state index is 1.04. The van der Waals surface area contributed by atoms with Gasteiger partial charge in [0.1, 0.15) is 7.28 Å². The van der Waals surface area contributed by atoms with Gasteiger partial charge < -0.3 is 0 Å². The fourth-order valence-electron chi connectivity index (χ4n) is 0.180. The normalized spacial score (nSPS) is 8.83. The first-order valence-corrected chi connectivity index (χ1v) is 2.02. The van der Waals surface area contributed by atoms with E-state index in [0.29, 0.717) is 0 Å². The summed E-state index contributed by atoms with van der Waals surface area (Å²) in [4.78, 5) is 3.49. The van der Waals surface area contributed by atoms with Gasteiger partial charge in [-0.2, -0.15) is 0 Å². The topological polar surface area (TPSA) is 12.4 Å². The van der Waals surface area contributed by atoms with E-state index in [1.807, 2.05) is 5.98 Å². The van der Waals surface area contributed by atoms with Crippen molar-refractivity contribution in [3.63, 3.8) is 0 Å². The van der Waals surface area contributed by atoms with Gasteiger partial charge in [0.2, 0.25) is 0 Å². The van der Waals surface area contributed by atoms with Crippen molar-refractivity contribution in [2.45, 2.75) is 6.82 Å². The summed E-state index contributed by atoms with van der Waals surface area (Å²) < 4.78 is 0. The van der Waals surface area contributed by atoms with Crippen molar-refractivity contribution in [1.29, 1.82) is 0 Å². The van der Waals surface area contributed by atoms with E-state index in [2.05, 4.69) is 18.5 Å². The second-order valence-electron chi connectivity index (χ2n) is 0.976. The van der Waals surface area contributed by atoms with E-state index in [9.17, 15) is 0 Å². The van der Waals surface area contributed by atoms with Gasteiger partial charge in [-0.3, -0.25) is 4.99 Å². The third kappa shape index (κ3) is 3.47. The van der Waals surface area contributed by atoms with Crippen LogP contribution in [0.1, 0.15) is 0 Å². The van der Waals surface area contributed by atoms with Crippen molar-refractivity contribution in [3.05, 3.63) is 12.2 Å². The predicted octanol–water partition coefficient (Wildman–Crippen LogP) is 0.643. The number of hydrogen-bond acceptors (Lipinski definition) is 1. The molecule has 0 aromatic heterocycles. The van der Waals surface area contributed by atoms with Crippen LogP contribution in [-0.2, 0) is 0 Å². The zero-order chi connectivity index (χ0) is 4.83. The lowest BCUT2D eigenvalue weighted by atomic mass is 9.83. The number of rotatable bonds is 2. The van der Waals surface area contributed by atoms with Crippen LogP contribution in [0, 0.1) is 0 Å². The van der Waals surface area contributed by atoms with Crippen molar-refractivity contribution in [2.24, 2.45) is 4.99 Å². The highest BCUT2D eigenvalue weighted by Crippen LogP contribution is 1.65. The Morgan fingerprint density at radius 3 is 2.67 bits per heavy atom. The second kappa shape index (κ2) is 4.47. The van der Waals surface area contributed by atoms with Crippen molar-refractivity contribution in [1.82, 2.24) is 0 Å². The molecule has 0 spiro atoms. The van der Waals surface area contributed by atoms with Gasteiger partial charge in [0, 0.05) is 6.20 Å². The summed E-state index contributed by atoms with van der Waals surface area (Å²) in [6, 6.07) is 0. The summed E-state index contributed by atoms with van der Waals surface area (Å²) in [6.45, 7) is 5.32. The average molecular weight is 80.9 g/mol. The van der Waals surface area contributed by atoms with E-state index < -0.39 is 0 Å². The first-order chi connectivity index (χ1) is 2.91.